The molecule has 1 saturated heterocycles. The van der Waals surface area contributed by atoms with Crippen LogP contribution in [0.5, 0.6) is 0 Å². The van der Waals surface area contributed by atoms with Gasteiger partial charge in [-0.3, -0.25) is 0 Å². The number of morpholine rings is 1. The van der Waals surface area contributed by atoms with E-state index < -0.39 is 10.0 Å². The molecule has 0 N–H and O–H groups in total. The normalized spacial score (nSPS) is 18.2. The topological polar surface area (TPSA) is 46.6 Å². The van der Waals surface area contributed by atoms with Gasteiger partial charge in [-0.25, -0.2) is 8.42 Å². The molecule has 1 aliphatic heterocycles. The Labute approximate surface area is 106 Å². The molecule has 0 radical (unpaired) electrons. The van der Waals surface area contributed by atoms with Crippen LogP contribution in [0.2, 0.25) is 0 Å². The number of halogens is 1. The lowest BCUT2D eigenvalue weighted by atomic mass is 10.2. The molecule has 0 aliphatic carbocycles. The predicted molar refractivity (Wildman–Crippen MR) is 65.6 cm³/mol. The summed E-state index contributed by atoms with van der Waals surface area (Å²) in [7, 11) is -3.40. The fourth-order valence-electron chi connectivity index (χ4n) is 1.73. The summed E-state index contributed by atoms with van der Waals surface area (Å²) in [4.78, 5) is 0.303. The molecule has 1 fully saturated rings. The smallest absolute Gasteiger partial charge is 0.243 e. The third kappa shape index (κ3) is 2.80. The summed E-state index contributed by atoms with van der Waals surface area (Å²) < 4.78 is 31.2. The van der Waals surface area contributed by atoms with E-state index in [-0.39, 0.29) is 0 Å². The second-order valence-corrected chi connectivity index (χ2v) is 6.00. The maximum atomic E-state index is 12.3. The minimum Gasteiger partial charge on any atom is -0.379 e. The number of nitrogens with zero attached hydrogens (tertiary/aromatic N) is 1. The molecule has 1 aromatic carbocycles. The molecule has 0 aromatic heterocycles. The fraction of sp³-hybridized carbons (Fsp3) is 0.455. The molecule has 17 heavy (non-hydrogen) atoms. The summed E-state index contributed by atoms with van der Waals surface area (Å²) >= 11 is 5.71. The highest BCUT2D eigenvalue weighted by Gasteiger charge is 2.26. The summed E-state index contributed by atoms with van der Waals surface area (Å²) in [5.74, 6) is 0.312. The van der Waals surface area contributed by atoms with E-state index in [1.54, 1.807) is 18.2 Å². The zero-order valence-electron chi connectivity index (χ0n) is 9.30. The maximum Gasteiger partial charge on any atom is 0.243 e. The van der Waals surface area contributed by atoms with Gasteiger partial charge in [-0.05, 0) is 17.7 Å². The molecule has 0 unspecified atom stereocenters. The van der Waals surface area contributed by atoms with Gasteiger partial charge in [-0.1, -0.05) is 12.1 Å². The molecule has 0 atom stereocenters. The third-order valence-electron chi connectivity index (χ3n) is 2.66. The average Bonchev–Trinajstić information content (AvgIpc) is 2.40. The molecule has 1 aliphatic rings. The van der Waals surface area contributed by atoms with Gasteiger partial charge in [0.25, 0.3) is 0 Å². The van der Waals surface area contributed by atoms with Crippen molar-refractivity contribution in [1.82, 2.24) is 4.31 Å². The second kappa shape index (κ2) is 5.35. The van der Waals surface area contributed by atoms with Crippen molar-refractivity contribution in [3.05, 3.63) is 29.8 Å². The number of sulfonamides is 1. The Morgan fingerprint density at radius 1 is 1.29 bits per heavy atom. The summed E-state index contributed by atoms with van der Waals surface area (Å²) in [6.07, 6.45) is 0. The summed E-state index contributed by atoms with van der Waals surface area (Å²) in [5.41, 5.74) is 0.806. The van der Waals surface area contributed by atoms with Crippen molar-refractivity contribution >= 4 is 21.6 Å². The Balaban J connectivity index is 2.29. The van der Waals surface area contributed by atoms with Crippen molar-refractivity contribution in [3.8, 4) is 0 Å². The molecular formula is C11H14ClNO3S. The Morgan fingerprint density at radius 3 is 2.65 bits per heavy atom. The Kier molecular flexibility index (Phi) is 4.04. The number of ether oxygens (including phenoxy) is 1. The number of hydrogen-bond acceptors (Lipinski definition) is 3. The van der Waals surface area contributed by atoms with Crippen molar-refractivity contribution in [1.29, 1.82) is 0 Å². The quantitative estimate of drug-likeness (QED) is 0.785. The van der Waals surface area contributed by atoms with Crippen LogP contribution in [-0.2, 0) is 20.6 Å². The van der Waals surface area contributed by atoms with E-state index in [9.17, 15) is 8.42 Å². The molecule has 1 heterocycles. The van der Waals surface area contributed by atoms with Crippen LogP contribution in [-0.4, -0.2) is 39.0 Å². The van der Waals surface area contributed by atoms with E-state index >= 15 is 0 Å². The van der Waals surface area contributed by atoms with Crippen LogP contribution < -0.4 is 0 Å². The average molecular weight is 276 g/mol. The standard InChI is InChI=1S/C11H14ClNO3S/c12-9-10-2-1-3-11(8-10)17(14,15)13-4-6-16-7-5-13/h1-3,8H,4-7,9H2. The molecular weight excluding hydrogens is 262 g/mol. The molecule has 0 amide bonds. The van der Waals surface area contributed by atoms with E-state index in [2.05, 4.69) is 0 Å². The predicted octanol–water partition coefficient (Wildman–Crippen LogP) is 1.45. The van der Waals surface area contributed by atoms with E-state index in [0.717, 1.165) is 5.56 Å². The zero-order chi connectivity index (χ0) is 12.3. The lowest BCUT2D eigenvalue weighted by molar-refractivity contribution is 0.0730. The molecule has 1 aromatic rings. The number of benzene rings is 1. The molecule has 4 nitrogen and oxygen atoms in total. The van der Waals surface area contributed by atoms with Crippen molar-refractivity contribution in [3.63, 3.8) is 0 Å². The van der Waals surface area contributed by atoms with E-state index in [1.807, 2.05) is 6.07 Å². The van der Waals surface area contributed by atoms with Crippen LogP contribution in [0.3, 0.4) is 0 Å². The summed E-state index contributed by atoms with van der Waals surface area (Å²) in [6, 6.07) is 6.75. The van der Waals surface area contributed by atoms with Crippen molar-refractivity contribution < 1.29 is 13.2 Å². The largest absolute Gasteiger partial charge is 0.379 e. The first kappa shape index (κ1) is 12.8. The molecule has 2 rings (SSSR count). The number of rotatable bonds is 3. The van der Waals surface area contributed by atoms with Gasteiger partial charge in [0.15, 0.2) is 0 Å². The van der Waals surface area contributed by atoms with Gasteiger partial charge in [-0.15, -0.1) is 11.6 Å². The van der Waals surface area contributed by atoms with Crippen LogP contribution >= 0.6 is 11.6 Å². The number of alkyl halides is 1. The maximum absolute atomic E-state index is 12.3. The minimum absolute atomic E-state index is 0.303. The van der Waals surface area contributed by atoms with E-state index in [1.165, 1.54) is 4.31 Å². The van der Waals surface area contributed by atoms with E-state index in [0.29, 0.717) is 37.1 Å². The van der Waals surface area contributed by atoms with Crippen molar-refractivity contribution in [2.75, 3.05) is 26.3 Å². The van der Waals surface area contributed by atoms with Gasteiger partial charge >= 0.3 is 0 Å². The summed E-state index contributed by atoms with van der Waals surface area (Å²) in [6.45, 7) is 1.73. The SMILES string of the molecule is O=S(=O)(c1cccc(CCl)c1)N1CCOCC1. The Bertz CT molecular complexity index is 483. The third-order valence-corrected chi connectivity index (χ3v) is 4.86. The monoisotopic (exact) mass is 275 g/mol. The lowest BCUT2D eigenvalue weighted by Gasteiger charge is -2.26. The van der Waals surface area contributed by atoms with E-state index in [4.69, 9.17) is 16.3 Å². The first-order valence-electron chi connectivity index (χ1n) is 5.37. The highest BCUT2D eigenvalue weighted by atomic mass is 35.5. The molecule has 0 saturated carbocycles. The highest BCUT2D eigenvalue weighted by molar-refractivity contribution is 7.89. The van der Waals surface area contributed by atoms with Gasteiger partial charge in [0.2, 0.25) is 10.0 Å². The van der Waals surface area contributed by atoms with Crippen LogP contribution in [0.4, 0.5) is 0 Å². The van der Waals surface area contributed by atoms with Crippen molar-refractivity contribution in [2.45, 2.75) is 10.8 Å². The second-order valence-electron chi connectivity index (χ2n) is 3.80. The van der Waals surface area contributed by atoms with Crippen LogP contribution in [0.1, 0.15) is 5.56 Å². The lowest BCUT2D eigenvalue weighted by Crippen LogP contribution is -2.40. The first-order chi connectivity index (χ1) is 8.14. The molecule has 0 bridgehead atoms. The molecule has 94 valence electrons. The first-order valence-corrected chi connectivity index (χ1v) is 7.35. The van der Waals surface area contributed by atoms with Crippen molar-refractivity contribution in [2.24, 2.45) is 0 Å². The zero-order valence-corrected chi connectivity index (χ0v) is 10.9. The van der Waals surface area contributed by atoms with Gasteiger partial charge in [0.05, 0.1) is 18.1 Å². The number of hydrogen-bond donors (Lipinski definition) is 0. The fourth-order valence-corrected chi connectivity index (χ4v) is 3.37. The Hall–Kier alpha value is -0.620. The summed E-state index contributed by atoms with van der Waals surface area (Å²) in [5, 5.41) is 0. The van der Waals surface area contributed by atoms with Gasteiger partial charge in [0.1, 0.15) is 0 Å². The molecule has 0 spiro atoms. The molecule has 6 heteroatoms. The Morgan fingerprint density at radius 2 is 2.00 bits per heavy atom. The highest BCUT2D eigenvalue weighted by Crippen LogP contribution is 2.18. The van der Waals surface area contributed by atoms with Gasteiger partial charge < -0.3 is 4.74 Å². The van der Waals surface area contributed by atoms with Gasteiger partial charge in [0, 0.05) is 19.0 Å². The van der Waals surface area contributed by atoms with Crippen LogP contribution in [0.15, 0.2) is 29.2 Å². The van der Waals surface area contributed by atoms with Crippen LogP contribution in [0.25, 0.3) is 0 Å². The minimum atomic E-state index is -3.40. The van der Waals surface area contributed by atoms with Gasteiger partial charge in [-0.2, -0.15) is 4.31 Å². The van der Waals surface area contributed by atoms with Crippen LogP contribution in [0, 0.1) is 0 Å².